The van der Waals surface area contributed by atoms with E-state index in [4.69, 9.17) is 0 Å². The zero-order chi connectivity index (χ0) is 21.2. The Kier molecular flexibility index (Phi) is 5.45. The lowest BCUT2D eigenvalue weighted by atomic mass is 9.86. The van der Waals surface area contributed by atoms with Gasteiger partial charge in [0.2, 0.25) is 0 Å². The number of fused-ring (bicyclic) bond motifs is 2. The van der Waals surface area contributed by atoms with Crippen molar-refractivity contribution in [3.8, 4) is 0 Å². The fourth-order valence-electron chi connectivity index (χ4n) is 5.13. The van der Waals surface area contributed by atoms with Gasteiger partial charge in [-0.05, 0) is 48.1 Å². The summed E-state index contributed by atoms with van der Waals surface area (Å²) < 4.78 is 2.25. The molecule has 0 aliphatic heterocycles. The van der Waals surface area contributed by atoms with Crippen LogP contribution in [-0.4, -0.2) is 31.1 Å². The lowest BCUT2D eigenvalue weighted by Crippen LogP contribution is -2.07. The third kappa shape index (κ3) is 4.07. The summed E-state index contributed by atoms with van der Waals surface area (Å²) in [6.07, 6.45) is 12.2. The molecular formula is C25H28N4O2. The molecule has 0 radical (unpaired) electrons. The van der Waals surface area contributed by atoms with Crippen LogP contribution in [0, 0.1) is 5.92 Å². The van der Waals surface area contributed by atoms with Crippen molar-refractivity contribution >= 4 is 27.9 Å². The molecule has 0 spiro atoms. The number of carboxylic acids is 1. The van der Waals surface area contributed by atoms with E-state index in [1.165, 1.54) is 44.1 Å². The molecule has 2 aromatic heterocycles. The first-order valence-corrected chi connectivity index (χ1v) is 11.3. The van der Waals surface area contributed by atoms with Crippen molar-refractivity contribution in [2.24, 2.45) is 5.92 Å². The van der Waals surface area contributed by atoms with Gasteiger partial charge in [0.1, 0.15) is 5.52 Å². The van der Waals surface area contributed by atoms with Crippen molar-refractivity contribution < 1.29 is 9.90 Å². The molecule has 31 heavy (non-hydrogen) atoms. The van der Waals surface area contributed by atoms with Crippen molar-refractivity contribution in [3.05, 3.63) is 59.3 Å². The second kappa shape index (κ2) is 8.53. The molecule has 160 valence electrons. The van der Waals surface area contributed by atoms with E-state index < -0.39 is 5.97 Å². The highest BCUT2D eigenvalue weighted by molar-refractivity contribution is 5.95. The lowest BCUT2D eigenvalue weighted by molar-refractivity contribution is 0.0697. The highest BCUT2D eigenvalue weighted by atomic mass is 16.4. The number of hydrogen-bond acceptors (Lipinski definition) is 3. The quantitative estimate of drug-likeness (QED) is 0.413. The molecule has 2 aromatic carbocycles. The van der Waals surface area contributed by atoms with Gasteiger partial charge in [0.05, 0.1) is 11.1 Å². The van der Waals surface area contributed by atoms with Gasteiger partial charge in [0.15, 0.2) is 0 Å². The van der Waals surface area contributed by atoms with E-state index in [-0.39, 0.29) is 0 Å². The molecule has 2 N–H and O–H groups in total. The van der Waals surface area contributed by atoms with E-state index in [0.29, 0.717) is 5.56 Å². The Morgan fingerprint density at radius 1 is 1.13 bits per heavy atom. The van der Waals surface area contributed by atoms with Gasteiger partial charge in [-0.15, -0.1) is 5.10 Å². The molecule has 0 bridgehead atoms. The van der Waals surface area contributed by atoms with Gasteiger partial charge in [-0.1, -0.05) is 55.5 Å². The van der Waals surface area contributed by atoms with E-state index in [1.54, 1.807) is 6.07 Å². The van der Waals surface area contributed by atoms with Gasteiger partial charge in [0, 0.05) is 30.1 Å². The normalized spacial score (nSPS) is 15.1. The van der Waals surface area contributed by atoms with Gasteiger partial charge >= 0.3 is 5.97 Å². The molecule has 0 unspecified atom stereocenters. The minimum atomic E-state index is -0.884. The molecule has 6 nitrogen and oxygen atoms in total. The summed E-state index contributed by atoms with van der Waals surface area (Å²) >= 11 is 0. The summed E-state index contributed by atoms with van der Waals surface area (Å²) in [6.45, 7) is 0.921. The number of aromatic nitrogens is 4. The van der Waals surface area contributed by atoms with Crippen LogP contribution in [0.4, 0.5) is 0 Å². The van der Waals surface area contributed by atoms with Crippen LogP contribution in [-0.2, 0) is 13.0 Å². The molecule has 2 heterocycles. The van der Waals surface area contributed by atoms with Gasteiger partial charge in [0.25, 0.3) is 0 Å². The van der Waals surface area contributed by atoms with Gasteiger partial charge in [-0.3, -0.25) is 5.10 Å². The van der Waals surface area contributed by atoms with Gasteiger partial charge in [-0.25, -0.2) is 4.79 Å². The van der Waals surface area contributed by atoms with Crippen molar-refractivity contribution in [1.29, 1.82) is 0 Å². The van der Waals surface area contributed by atoms with Crippen LogP contribution < -0.4 is 0 Å². The molecule has 0 amide bonds. The minimum Gasteiger partial charge on any atom is -0.478 e. The minimum absolute atomic E-state index is 0.337. The smallest absolute Gasteiger partial charge is 0.335 e. The fraction of sp³-hybridized carbons (Fsp3) is 0.400. The summed E-state index contributed by atoms with van der Waals surface area (Å²) in [6, 6.07) is 11.6. The lowest BCUT2D eigenvalue weighted by Gasteiger charge is -2.21. The summed E-state index contributed by atoms with van der Waals surface area (Å²) in [4.78, 5) is 11.6. The standard InChI is InChI=1S/C25H28N4O2/c30-25(31)19-11-12-21-20(14-18-9-4-10-22-24(18)27-28-26-22)16-29(23(21)15-19)13-5-8-17-6-2-1-3-7-17/h4,9-12,15-17H,1-3,5-8,13-14H2,(H,30,31)(H,26,27,28). The van der Waals surface area contributed by atoms with Crippen molar-refractivity contribution in [1.82, 2.24) is 20.0 Å². The number of benzene rings is 2. The number of aromatic carboxylic acids is 1. The predicted octanol–water partition coefficient (Wildman–Crippen LogP) is 5.56. The Morgan fingerprint density at radius 3 is 2.84 bits per heavy atom. The fourth-order valence-corrected chi connectivity index (χ4v) is 5.13. The highest BCUT2D eigenvalue weighted by Crippen LogP contribution is 2.30. The monoisotopic (exact) mass is 416 g/mol. The Morgan fingerprint density at radius 2 is 2.00 bits per heavy atom. The van der Waals surface area contributed by atoms with E-state index in [0.717, 1.165) is 52.8 Å². The van der Waals surface area contributed by atoms with Crippen LogP contribution >= 0.6 is 0 Å². The van der Waals surface area contributed by atoms with Crippen LogP contribution in [0.2, 0.25) is 0 Å². The number of H-pyrrole nitrogens is 1. The summed E-state index contributed by atoms with van der Waals surface area (Å²) in [5.74, 6) is -0.0276. The van der Waals surface area contributed by atoms with Crippen molar-refractivity contribution in [2.45, 2.75) is 57.9 Å². The maximum absolute atomic E-state index is 11.6. The second-order valence-corrected chi connectivity index (χ2v) is 8.83. The molecule has 6 heteroatoms. The van der Waals surface area contributed by atoms with E-state index in [2.05, 4.69) is 32.2 Å². The van der Waals surface area contributed by atoms with Crippen LogP contribution in [0.5, 0.6) is 0 Å². The van der Waals surface area contributed by atoms with Gasteiger partial charge < -0.3 is 9.67 Å². The van der Waals surface area contributed by atoms with Crippen LogP contribution in [0.15, 0.2) is 42.6 Å². The first-order chi connectivity index (χ1) is 15.2. The Labute approximate surface area is 181 Å². The van der Waals surface area contributed by atoms with Crippen molar-refractivity contribution in [3.63, 3.8) is 0 Å². The van der Waals surface area contributed by atoms with E-state index >= 15 is 0 Å². The summed E-state index contributed by atoms with van der Waals surface area (Å²) in [5.41, 5.74) is 5.48. The molecule has 1 aliphatic rings. The van der Waals surface area contributed by atoms with Gasteiger partial charge in [-0.2, -0.15) is 0 Å². The Hall–Kier alpha value is -3.15. The van der Waals surface area contributed by atoms with E-state index in [1.807, 2.05) is 24.3 Å². The average molecular weight is 417 g/mol. The number of nitrogens with zero attached hydrogens (tertiary/aromatic N) is 3. The number of hydrogen-bond donors (Lipinski definition) is 2. The van der Waals surface area contributed by atoms with Crippen LogP contribution in [0.25, 0.3) is 21.9 Å². The molecule has 1 aliphatic carbocycles. The topological polar surface area (TPSA) is 83.8 Å². The third-order valence-corrected chi connectivity index (χ3v) is 6.77. The highest BCUT2D eigenvalue weighted by Gasteiger charge is 2.16. The zero-order valence-corrected chi connectivity index (χ0v) is 17.7. The first-order valence-electron chi connectivity index (χ1n) is 11.3. The number of aryl methyl sites for hydroxylation is 1. The number of carbonyl (C=O) groups is 1. The second-order valence-electron chi connectivity index (χ2n) is 8.83. The molecule has 4 aromatic rings. The maximum Gasteiger partial charge on any atom is 0.335 e. The number of rotatable bonds is 7. The molecule has 5 rings (SSSR count). The summed E-state index contributed by atoms with van der Waals surface area (Å²) in [7, 11) is 0. The number of nitrogens with one attached hydrogen (secondary N) is 1. The molecule has 0 atom stereocenters. The predicted molar refractivity (Wildman–Crippen MR) is 121 cm³/mol. The first kappa shape index (κ1) is 19.8. The summed E-state index contributed by atoms with van der Waals surface area (Å²) in [5, 5.41) is 21.7. The zero-order valence-electron chi connectivity index (χ0n) is 17.7. The van der Waals surface area contributed by atoms with Crippen molar-refractivity contribution in [2.75, 3.05) is 0 Å². The molecule has 1 saturated carbocycles. The Bertz CT molecular complexity index is 1220. The molecule has 1 fully saturated rings. The van der Waals surface area contributed by atoms with E-state index in [9.17, 15) is 9.90 Å². The third-order valence-electron chi connectivity index (χ3n) is 6.77. The molecule has 0 saturated heterocycles. The Balaban J connectivity index is 1.45. The van der Waals surface area contributed by atoms with Crippen LogP contribution in [0.3, 0.4) is 0 Å². The number of carboxylic acid groups (broad SMARTS) is 1. The average Bonchev–Trinajstić information content (AvgIpc) is 3.40. The van der Waals surface area contributed by atoms with Crippen LogP contribution in [0.1, 0.15) is 66.4 Å². The SMILES string of the molecule is O=C(O)c1ccc2c(Cc3cccc4[nH]nnc34)cn(CCCC3CCCCC3)c2c1. The number of aromatic amines is 1. The maximum atomic E-state index is 11.6. The largest absolute Gasteiger partial charge is 0.478 e. The molecular weight excluding hydrogens is 388 g/mol.